The van der Waals surface area contributed by atoms with E-state index in [0.717, 1.165) is 44.8 Å². The van der Waals surface area contributed by atoms with Crippen LogP contribution in [0.2, 0.25) is 19.6 Å². The Labute approximate surface area is 238 Å². The van der Waals surface area contributed by atoms with E-state index >= 15 is 0 Å². The number of aromatic nitrogens is 4. The van der Waals surface area contributed by atoms with Crippen molar-refractivity contribution in [3.05, 3.63) is 71.3 Å². The van der Waals surface area contributed by atoms with Crippen LogP contribution in [0.25, 0.3) is 46.4 Å². The van der Waals surface area contributed by atoms with Gasteiger partial charge in [0, 0.05) is 22.1 Å². The Morgan fingerprint density at radius 2 is 1.13 bits per heavy atom. The van der Waals surface area contributed by atoms with Gasteiger partial charge in [-0.05, 0) is 72.8 Å². The molecule has 0 aromatic carbocycles. The Bertz CT molecular complexity index is 1410. The summed E-state index contributed by atoms with van der Waals surface area (Å²) in [5.41, 5.74) is 10.2. The fourth-order valence-electron chi connectivity index (χ4n) is 3.33. The summed E-state index contributed by atoms with van der Waals surface area (Å²) in [6, 6.07) is 16.4. The Balaban J connectivity index is 0.000000234. The monoisotopic (exact) mass is 589 g/mol. The van der Waals surface area contributed by atoms with Gasteiger partial charge in [0.1, 0.15) is 8.07 Å². The molecule has 8 bridgehead atoms. The van der Waals surface area contributed by atoms with Crippen LogP contribution in [-0.2, 0) is 22.1 Å². The van der Waals surface area contributed by atoms with E-state index in [1.165, 1.54) is 0 Å². The van der Waals surface area contributed by atoms with Gasteiger partial charge in [-0.2, -0.15) is 0 Å². The van der Waals surface area contributed by atoms with E-state index in [0.29, 0.717) is 0 Å². The normalized spacial score (nSPS) is 11.7. The Hall–Kier alpha value is -3.57. The van der Waals surface area contributed by atoms with Crippen LogP contribution in [0, 0.1) is 12.0 Å². The summed E-state index contributed by atoms with van der Waals surface area (Å²) in [5, 5.41) is 0. The van der Waals surface area contributed by atoms with Crippen molar-refractivity contribution in [3.63, 3.8) is 0 Å². The van der Waals surface area contributed by atoms with Crippen molar-refractivity contribution in [2.24, 2.45) is 4.48 Å². The number of nitrogens with two attached hydrogens (primary N) is 1. The molecular formula is C30H35N5O2SiZn. The number of hydrogen-bond acceptors (Lipinski definition) is 5. The number of carbonyl (C=O) groups excluding carboxylic acids is 1. The van der Waals surface area contributed by atoms with Gasteiger partial charge in [-0.3, -0.25) is 0 Å². The van der Waals surface area contributed by atoms with Crippen molar-refractivity contribution in [2.75, 3.05) is 0 Å². The van der Waals surface area contributed by atoms with Crippen molar-refractivity contribution in [2.45, 2.75) is 46.0 Å². The van der Waals surface area contributed by atoms with Crippen molar-refractivity contribution >= 4 is 59.0 Å². The van der Waals surface area contributed by atoms with E-state index in [1.54, 1.807) is 0 Å². The first kappa shape index (κ1) is 30.0. The zero-order chi connectivity index (χ0) is 28.6. The molecule has 0 spiro atoms. The zero-order valence-corrected chi connectivity index (χ0v) is 27.5. The standard InChI is InChI=1S/C20H14N4.C5H9O2.C5H10Si.H2N.Zn/c1-2-14-10-16-5-6-18(23-16)12-20-8-7-19(24-20)11-17-4-3-15(22-17)9-13(1)21-14;1-5(2,3)7-4-6;1-5-6(2,3)4;;/h1-12,21,24H;1-3H3;1H,2-4H3;1H2;/q;;;-1;+1. The van der Waals surface area contributed by atoms with Gasteiger partial charge in [-0.25, -0.2) is 9.97 Å². The molecule has 0 radical (unpaired) electrons. The number of fused-ring (bicyclic) bond motifs is 8. The number of rotatable bonds is 1. The first-order chi connectivity index (χ1) is 18.3. The molecule has 0 amide bonds. The predicted molar refractivity (Wildman–Crippen MR) is 161 cm³/mol. The molecule has 2 aliphatic heterocycles. The van der Waals surface area contributed by atoms with Crippen LogP contribution in [0.5, 0.6) is 0 Å². The average molecular weight is 591 g/mol. The van der Waals surface area contributed by atoms with E-state index in [4.69, 9.17) is 15.6 Å². The molecule has 198 valence electrons. The molecule has 3 aromatic rings. The molecular weight excluding hydrogens is 556 g/mol. The maximum absolute atomic E-state index is 10.6. The summed E-state index contributed by atoms with van der Waals surface area (Å²) in [4.78, 5) is 26.6. The summed E-state index contributed by atoms with van der Waals surface area (Å²) in [5.74, 6) is 0. The van der Waals surface area contributed by atoms with Gasteiger partial charge in [0.15, 0.2) is 0 Å². The molecule has 0 aliphatic carbocycles. The van der Waals surface area contributed by atoms with Crippen LogP contribution in [0.15, 0.2) is 48.5 Å². The van der Waals surface area contributed by atoms with Gasteiger partial charge < -0.3 is 9.97 Å². The fraction of sp³-hybridized carbons (Fsp3) is 0.233. The summed E-state index contributed by atoms with van der Waals surface area (Å²) >= 11 is -1.47. The molecule has 0 unspecified atom stereocenters. The Morgan fingerprint density at radius 3 is 1.33 bits per heavy atom. The minimum atomic E-state index is -1.47. The fourth-order valence-corrected chi connectivity index (χ4v) is 4.41. The van der Waals surface area contributed by atoms with E-state index in [2.05, 4.69) is 69.4 Å². The van der Waals surface area contributed by atoms with Crippen molar-refractivity contribution in [1.29, 1.82) is 0 Å². The zero-order valence-electron chi connectivity index (χ0n) is 23.5. The summed E-state index contributed by atoms with van der Waals surface area (Å²) < 4.78 is 9.93. The molecule has 4 N–H and O–H groups in total. The van der Waals surface area contributed by atoms with Crippen LogP contribution >= 0.6 is 0 Å². The third-order valence-electron chi connectivity index (χ3n) is 5.06. The number of hydrogen-bond donors (Lipinski definition) is 3. The van der Waals surface area contributed by atoms with Crippen molar-refractivity contribution < 1.29 is 26.9 Å². The molecule has 5 heterocycles. The van der Waals surface area contributed by atoms with Gasteiger partial charge in [-0.1, -0.05) is 19.6 Å². The summed E-state index contributed by atoms with van der Waals surface area (Å²) in [7, 11) is -1.10. The second-order valence-corrected chi connectivity index (χ2v) is 17.9. The molecule has 0 atom stereocenters. The van der Waals surface area contributed by atoms with Crippen LogP contribution in [-0.4, -0.2) is 38.2 Å². The first-order valence-electron chi connectivity index (χ1n) is 12.8. The van der Waals surface area contributed by atoms with Crippen LogP contribution < -0.4 is 4.48 Å². The van der Waals surface area contributed by atoms with Gasteiger partial charge >= 0.3 is 62.3 Å². The number of ether oxygens (including phenoxy) is 1. The molecule has 7 nitrogen and oxygen atoms in total. The summed E-state index contributed by atoms with van der Waals surface area (Å²) in [6.45, 7) is 11.9. The van der Waals surface area contributed by atoms with Gasteiger partial charge in [-0.15, -0.1) is 12.0 Å². The SMILES string of the molecule is C#C[Si](C)(C)C.C1=Cc2cc3ccc(cc4nc(cc5ccc(cc1n2)[nH]5)C=C4)[nH]3.CC(C)(C)O[C](=O)[Zn][NH2]. The molecule has 39 heavy (non-hydrogen) atoms. The average Bonchev–Trinajstić information content (AvgIpc) is 3.64. The van der Waals surface area contributed by atoms with Gasteiger partial charge in [0.05, 0.1) is 22.8 Å². The van der Waals surface area contributed by atoms with E-state index in [1.807, 2.05) is 69.3 Å². The maximum atomic E-state index is 10.6. The molecule has 0 saturated heterocycles. The molecule has 2 aliphatic rings. The van der Waals surface area contributed by atoms with Crippen LogP contribution in [0.4, 0.5) is 4.79 Å². The first-order valence-corrected chi connectivity index (χ1v) is 19.5. The van der Waals surface area contributed by atoms with Crippen LogP contribution in [0.3, 0.4) is 0 Å². The minimum absolute atomic E-state index is 0.171. The molecule has 0 saturated carbocycles. The number of terminal acetylenes is 1. The predicted octanol–water partition coefficient (Wildman–Crippen LogP) is 7.03. The molecule has 3 aromatic heterocycles. The van der Waals surface area contributed by atoms with Gasteiger partial charge in [0.25, 0.3) is 0 Å². The van der Waals surface area contributed by atoms with E-state index in [9.17, 15) is 4.79 Å². The third kappa shape index (κ3) is 10.6. The quantitative estimate of drug-likeness (QED) is 0.143. The number of carbonyl (C=O) groups is 1. The second-order valence-electron chi connectivity index (χ2n) is 11.1. The van der Waals surface area contributed by atoms with Crippen LogP contribution in [0.1, 0.15) is 43.5 Å². The van der Waals surface area contributed by atoms with Crippen molar-refractivity contribution in [3.8, 4) is 12.0 Å². The third-order valence-corrected chi connectivity index (χ3v) is 6.93. The topological polar surface area (TPSA) is 110 Å². The number of nitrogens with zero attached hydrogens (tertiary/aromatic N) is 2. The number of nitrogens with one attached hydrogen (secondary N) is 2. The Kier molecular flexibility index (Phi) is 9.98. The molecule has 5 rings (SSSR count). The van der Waals surface area contributed by atoms with Gasteiger partial charge in [0.2, 0.25) is 0 Å². The Morgan fingerprint density at radius 1 is 0.821 bits per heavy atom. The molecule has 0 fully saturated rings. The second kappa shape index (κ2) is 13.0. The van der Waals surface area contributed by atoms with E-state index in [-0.39, 0.29) is 10.2 Å². The number of aromatic amines is 2. The van der Waals surface area contributed by atoms with Crippen molar-refractivity contribution in [1.82, 2.24) is 19.9 Å². The molecule has 9 heteroatoms. The number of H-pyrrole nitrogens is 2. The summed E-state index contributed by atoms with van der Waals surface area (Å²) in [6.07, 6.45) is 13.2. The van der Waals surface area contributed by atoms with E-state index < -0.39 is 25.4 Å².